The molecule has 0 aliphatic heterocycles. The number of nitrogens with zero attached hydrogens (tertiary/aromatic N) is 3. The van der Waals surface area contributed by atoms with Gasteiger partial charge in [-0.25, -0.2) is 0 Å². The molecule has 130 valence electrons. The molecule has 0 atom stereocenters. The fraction of sp³-hybridized carbons (Fsp3) is 0.500. The zero-order valence-corrected chi connectivity index (χ0v) is 15.4. The molecule has 0 fully saturated rings. The van der Waals surface area contributed by atoms with Crippen molar-refractivity contribution in [3.8, 4) is 0 Å². The predicted molar refractivity (Wildman–Crippen MR) is 96.6 cm³/mol. The summed E-state index contributed by atoms with van der Waals surface area (Å²) in [6, 6.07) is 7.93. The van der Waals surface area contributed by atoms with Gasteiger partial charge in [0.1, 0.15) is 6.33 Å². The molecule has 1 aromatic carbocycles. The minimum absolute atomic E-state index is 0.113. The van der Waals surface area contributed by atoms with Crippen molar-refractivity contribution in [2.24, 2.45) is 5.92 Å². The Bertz CT molecular complexity index is 638. The van der Waals surface area contributed by atoms with E-state index in [-0.39, 0.29) is 5.78 Å². The lowest BCUT2D eigenvalue weighted by atomic mass is 10.0. The molecule has 0 amide bonds. The van der Waals surface area contributed by atoms with Gasteiger partial charge in [0.2, 0.25) is 0 Å². The molecule has 1 heterocycles. The number of Topliss-reactive ketones (excluding diaryl/α,β-unsaturated/α-hetero) is 1. The van der Waals surface area contributed by atoms with Gasteiger partial charge in [-0.3, -0.25) is 4.79 Å². The van der Waals surface area contributed by atoms with Crippen molar-refractivity contribution in [2.75, 3.05) is 19.5 Å². The quantitative estimate of drug-likeness (QED) is 0.374. The summed E-state index contributed by atoms with van der Waals surface area (Å²) in [5, 5.41) is 8.79. The van der Waals surface area contributed by atoms with Crippen LogP contribution in [-0.2, 0) is 17.7 Å². The van der Waals surface area contributed by atoms with Crippen molar-refractivity contribution in [3.63, 3.8) is 0 Å². The molecule has 0 N–H and O–H groups in total. The van der Waals surface area contributed by atoms with Gasteiger partial charge >= 0.3 is 0 Å². The summed E-state index contributed by atoms with van der Waals surface area (Å²) in [7, 11) is 1.69. The van der Waals surface area contributed by atoms with Gasteiger partial charge in [0, 0.05) is 25.8 Å². The maximum Gasteiger partial charge on any atom is 0.191 e. The fourth-order valence-electron chi connectivity index (χ4n) is 2.40. The Morgan fingerprint density at radius 1 is 1.29 bits per heavy atom. The van der Waals surface area contributed by atoms with E-state index in [0.29, 0.717) is 18.3 Å². The molecule has 0 spiro atoms. The third-order valence-corrected chi connectivity index (χ3v) is 4.56. The number of ketones is 1. The molecule has 0 aliphatic carbocycles. The maximum absolute atomic E-state index is 12.3. The van der Waals surface area contributed by atoms with Crippen molar-refractivity contribution in [1.82, 2.24) is 14.8 Å². The molecule has 1 aromatic heterocycles. The number of methoxy groups -OCH3 is 1. The molecule has 0 aliphatic rings. The molecule has 0 bridgehead atoms. The summed E-state index contributed by atoms with van der Waals surface area (Å²) in [4.78, 5) is 12.3. The number of hydrogen-bond acceptors (Lipinski definition) is 5. The second kappa shape index (κ2) is 9.59. The van der Waals surface area contributed by atoms with Crippen LogP contribution in [-0.4, -0.2) is 40.0 Å². The second-order valence-corrected chi connectivity index (χ2v) is 7.10. The van der Waals surface area contributed by atoms with Crippen LogP contribution < -0.4 is 0 Å². The highest BCUT2D eigenvalue weighted by molar-refractivity contribution is 7.99. The van der Waals surface area contributed by atoms with Crippen molar-refractivity contribution in [1.29, 1.82) is 0 Å². The third kappa shape index (κ3) is 5.76. The molecule has 2 rings (SSSR count). The molecule has 6 heteroatoms. The predicted octanol–water partition coefficient (Wildman–Crippen LogP) is 3.49. The van der Waals surface area contributed by atoms with E-state index in [9.17, 15) is 4.79 Å². The number of aryl methyl sites for hydroxylation is 1. The highest BCUT2D eigenvalue weighted by Gasteiger charge is 2.11. The Morgan fingerprint density at radius 2 is 2.04 bits per heavy atom. The fourth-order valence-corrected chi connectivity index (χ4v) is 3.24. The lowest BCUT2D eigenvalue weighted by Gasteiger charge is -2.07. The van der Waals surface area contributed by atoms with Gasteiger partial charge in [-0.2, -0.15) is 0 Å². The van der Waals surface area contributed by atoms with E-state index in [2.05, 4.69) is 24.0 Å². The number of carbonyl (C=O) groups is 1. The van der Waals surface area contributed by atoms with E-state index in [1.54, 1.807) is 13.4 Å². The summed E-state index contributed by atoms with van der Waals surface area (Å²) in [6.45, 7) is 5.88. The van der Waals surface area contributed by atoms with Gasteiger partial charge in [-0.05, 0) is 24.3 Å². The van der Waals surface area contributed by atoms with Crippen LogP contribution in [0.4, 0.5) is 0 Å². The van der Waals surface area contributed by atoms with Gasteiger partial charge < -0.3 is 9.30 Å². The zero-order valence-electron chi connectivity index (χ0n) is 14.6. The van der Waals surface area contributed by atoms with Crippen LogP contribution >= 0.6 is 11.8 Å². The molecule has 2 aromatic rings. The number of thioether (sulfide) groups is 1. The summed E-state index contributed by atoms with van der Waals surface area (Å²) in [6.07, 6.45) is 3.63. The molecule has 24 heavy (non-hydrogen) atoms. The number of rotatable bonds is 10. The lowest BCUT2D eigenvalue weighted by molar-refractivity contribution is 0.102. The van der Waals surface area contributed by atoms with Gasteiger partial charge in [-0.15, -0.1) is 10.2 Å². The average molecular weight is 347 g/mol. The van der Waals surface area contributed by atoms with E-state index >= 15 is 0 Å². The van der Waals surface area contributed by atoms with E-state index in [1.165, 1.54) is 17.3 Å². The monoisotopic (exact) mass is 347 g/mol. The van der Waals surface area contributed by atoms with Crippen LogP contribution in [0.5, 0.6) is 0 Å². The lowest BCUT2D eigenvalue weighted by Crippen LogP contribution is -2.06. The van der Waals surface area contributed by atoms with Crippen molar-refractivity contribution in [2.45, 2.75) is 38.4 Å². The SMILES string of the molecule is COCCCn1cnnc1SCC(=O)c1ccc(CC(C)C)cc1. The third-order valence-electron chi connectivity index (χ3n) is 3.58. The summed E-state index contributed by atoms with van der Waals surface area (Å²) >= 11 is 1.43. The molecule has 0 saturated carbocycles. The van der Waals surface area contributed by atoms with Crippen molar-refractivity contribution < 1.29 is 9.53 Å². The number of hydrogen-bond donors (Lipinski definition) is 0. The largest absolute Gasteiger partial charge is 0.385 e. The minimum atomic E-state index is 0.113. The standard InChI is InChI=1S/C18H25N3O2S/c1-14(2)11-15-5-7-16(8-6-15)17(22)12-24-18-20-19-13-21(18)9-4-10-23-3/h5-8,13-14H,4,9-12H2,1-3H3. The van der Waals surface area contributed by atoms with Crippen LogP contribution in [0.2, 0.25) is 0 Å². The first-order chi connectivity index (χ1) is 11.6. The Hall–Kier alpha value is -1.66. The van der Waals surface area contributed by atoms with Gasteiger partial charge in [0.25, 0.3) is 0 Å². The van der Waals surface area contributed by atoms with Gasteiger partial charge in [0.15, 0.2) is 10.9 Å². The minimum Gasteiger partial charge on any atom is -0.385 e. The van der Waals surface area contributed by atoms with E-state index in [4.69, 9.17) is 4.74 Å². The van der Waals surface area contributed by atoms with Crippen molar-refractivity contribution in [3.05, 3.63) is 41.7 Å². The molecule has 0 saturated heterocycles. The topological polar surface area (TPSA) is 57.0 Å². The van der Waals surface area contributed by atoms with Crippen LogP contribution in [0.1, 0.15) is 36.2 Å². The number of aromatic nitrogens is 3. The van der Waals surface area contributed by atoms with Crippen LogP contribution in [0, 0.1) is 5.92 Å². The first-order valence-corrected chi connectivity index (χ1v) is 9.20. The smallest absolute Gasteiger partial charge is 0.191 e. The summed E-state index contributed by atoms with van der Waals surface area (Å²) < 4.78 is 7.02. The number of carbonyl (C=O) groups excluding carboxylic acids is 1. The Labute approximate surface area is 147 Å². The summed E-state index contributed by atoms with van der Waals surface area (Å²) in [5.74, 6) is 1.10. The van der Waals surface area contributed by atoms with Gasteiger partial charge in [0.05, 0.1) is 5.75 Å². The van der Waals surface area contributed by atoms with Gasteiger partial charge in [-0.1, -0.05) is 49.9 Å². The second-order valence-electron chi connectivity index (χ2n) is 6.16. The van der Waals surface area contributed by atoms with E-state index in [1.807, 2.05) is 28.8 Å². The van der Waals surface area contributed by atoms with E-state index in [0.717, 1.165) is 30.1 Å². The molecular formula is C18H25N3O2S. The Kier molecular flexibility index (Phi) is 7.46. The maximum atomic E-state index is 12.3. The highest BCUT2D eigenvalue weighted by atomic mass is 32.2. The first-order valence-electron chi connectivity index (χ1n) is 8.22. The Morgan fingerprint density at radius 3 is 2.71 bits per heavy atom. The molecular weight excluding hydrogens is 322 g/mol. The normalized spacial score (nSPS) is 11.2. The molecule has 0 unspecified atom stereocenters. The molecule has 0 radical (unpaired) electrons. The summed E-state index contributed by atoms with van der Waals surface area (Å²) in [5.41, 5.74) is 2.02. The first kappa shape index (κ1) is 18.7. The van der Waals surface area contributed by atoms with Crippen LogP contribution in [0.15, 0.2) is 35.7 Å². The zero-order chi connectivity index (χ0) is 17.4. The van der Waals surface area contributed by atoms with Crippen LogP contribution in [0.3, 0.4) is 0 Å². The number of ether oxygens (including phenoxy) is 1. The van der Waals surface area contributed by atoms with E-state index < -0.39 is 0 Å². The highest BCUT2D eigenvalue weighted by Crippen LogP contribution is 2.18. The average Bonchev–Trinajstić information content (AvgIpc) is 3.00. The molecule has 5 nitrogen and oxygen atoms in total. The van der Waals surface area contributed by atoms with Crippen LogP contribution in [0.25, 0.3) is 0 Å². The van der Waals surface area contributed by atoms with Crippen molar-refractivity contribution >= 4 is 17.5 Å². The number of benzene rings is 1. The Balaban J connectivity index is 1.88.